The molecular formula is C21H22F2N2O2. The van der Waals surface area contributed by atoms with E-state index in [2.05, 4.69) is 0 Å². The van der Waals surface area contributed by atoms with Crippen LogP contribution in [0.1, 0.15) is 31.8 Å². The molecule has 0 bridgehead atoms. The van der Waals surface area contributed by atoms with Crippen LogP contribution in [-0.4, -0.2) is 54.2 Å². The van der Waals surface area contributed by atoms with Crippen molar-refractivity contribution in [2.24, 2.45) is 0 Å². The van der Waals surface area contributed by atoms with Crippen LogP contribution in [0.15, 0.2) is 36.4 Å². The fourth-order valence-corrected chi connectivity index (χ4v) is 3.34. The highest BCUT2D eigenvalue weighted by molar-refractivity contribution is 5.99. The quantitative estimate of drug-likeness (QED) is 0.774. The molecule has 1 heterocycles. The highest BCUT2D eigenvalue weighted by Gasteiger charge is 2.24. The summed E-state index contributed by atoms with van der Waals surface area (Å²) < 4.78 is 26.4. The Morgan fingerprint density at radius 3 is 2.26 bits per heavy atom. The number of rotatable bonds is 4. The SMILES string of the molecule is Cc1ccc(C(=O)CN2CCN(C(=O)c3ccc(F)c(F)c3)CC2)c(C)c1. The Labute approximate surface area is 157 Å². The minimum absolute atomic E-state index is 0.0629. The van der Waals surface area contributed by atoms with E-state index >= 15 is 0 Å². The number of hydrogen-bond acceptors (Lipinski definition) is 3. The monoisotopic (exact) mass is 372 g/mol. The van der Waals surface area contributed by atoms with Gasteiger partial charge in [0.15, 0.2) is 17.4 Å². The Kier molecular flexibility index (Phi) is 5.65. The molecule has 1 aliphatic heterocycles. The molecule has 0 unspecified atom stereocenters. The molecule has 0 radical (unpaired) electrons. The topological polar surface area (TPSA) is 40.6 Å². The van der Waals surface area contributed by atoms with Gasteiger partial charge in [-0.2, -0.15) is 0 Å². The van der Waals surface area contributed by atoms with Gasteiger partial charge in [-0.05, 0) is 37.6 Å². The summed E-state index contributed by atoms with van der Waals surface area (Å²) in [5.74, 6) is -2.26. The number of carbonyl (C=O) groups is 2. The van der Waals surface area contributed by atoms with Crippen molar-refractivity contribution in [1.82, 2.24) is 9.80 Å². The lowest BCUT2D eigenvalue weighted by molar-refractivity contribution is 0.0624. The van der Waals surface area contributed by atoms with Crippen molar-refractivity contribution in [2.45, 2.75) is 13.8 Å². The molecule has 0 saturated carbocycles. The standard InChI is InChI=1S/C21H22F2N2O2/c1-14-3-5-17(15(2)11-14)20(26)13-24-7-9-25(10-8-24)21(27)16-4-6-18(22)19(23)12-16/h3-6,11-12H,7-10,13H2,1-2H3. The summed E-state index contributed by atoms with van der Waals surface area (Å²) in [4.78, 5) is 28.6. The van der Waals surface area contributed by atoms with Gasteiger partial charge in [0.05, 0.1) is 6.54 Å². The highest BCUT2D eigenvalue weighted by Crippen LogP contribution is 2.15. The number of benzene rings is 2. The first-order valence-corrected chi connectivity index (χ1v) is 8.92. The van der Waals surface area contributed by atoms with Crippen molar-refractivity contribution < 1.29 is 18.4 Å². The molecule has 2 aromatic carbocycles. The maximum absolute atomic E-state index is 13.3. The van der Waals surface area contributed by atoms with Crippen LogP contribution in [0.4, 0.5) is 8.78 Å². The predicted molar refractivity (Wildman–Crippen MR) is 98.9 cm³/mol. The second-order valence-electron chi connectivity index (χ2n) is 6.94. The lowest BCUT2D eigenvalue weighted by Crippen LogP contribution is -2.50. The minimum Gasteiger partial charge on any atom is -0.336 e. The molecule has 3 rings (SSSR count). The second-order valence-corrected chi connectivity index (χ2v) is 6.94. The fraction of sp³-hybridized carbons (Fsp3) is 0.333. The Bertz CT molecular complexity index is 874. The lowest BCUT2D eigenvalue weighted by atomic mass is 10.0. The molecule has 0 aromatic heterocycles. The maximum atomic E-state index is 13.3. The lowest BCUT2D eigenvalue weighted by Gasteiger charge is -2.34. The van der Waals surface area contributed by atoms with E-state index in [1.807, 2.05) is 36.9 Å². The van der Waals surface area contributed by atoms with Crippen molar-refractivity contribution in [3.8, 4) is 0 Å². The molecule has 1 fully saturated rings. The van der Waals surface area contributed by atoms with E-state index in [0.29, 0.717) is 32.7 Å². The van der Waals surface area contributed by atoms with E-state index < -0.39 is 11.6 Å². The van der Waals surface area contributed by atoms with Crippen LogP contribution in [0, 0.1) is 25.5 Å². The van der Waals surface area contributed by atoms with E-state index in [9.17, 15) is 18.4 Å². The molecule has 4 nitrogen and oxygen atoms in total. The first-order valence-electron chi connectivity index (χ1n) is 8.92. The van der Waals surface area contributed by atoms with Crippen molar-refractivity contribution in [2.75, 3.05) is 32.7 Å². The molecule has 0 N–H and O–H groups in total. The van der Waals surface area contributed by atoms with Crippen molar-refractivity contribution in [1.29, 1.82) is 0 Å². The van der Waals surface area contributed by atoms with E-state index in [1.54, 1.807) is 4.90 Å². The zero-order valence-electron chi connectivity index (χ0n) is 15.5. The molecule has 0 aliphatic carbocycles. The van der Waals surface area contributed by atoms with Crippen LogP contribution < -0.4 is 0 Å². The van der Waals surface area contributed by atoms with Gasteiger partial charge in [-0.15, -0.1) is 0 Å². The highest BCUT2D eigenvalue weighted by atomic mass is 19.2. The van der Waals surface area contributed by atoms with Crippen LogP contribution in [0.5, 0.6) is 0 Å². The van der Waals surface area contributed by atoms with Gasteiger partial charge in [0.25, 0.3) is 5.91 Å². The Hall–Kier alpha value is -2.60. The smallest absolute Gasteiger partial charge is 0.254 e. The molecule has 1 aliphatic rings. The van der Waals surface area contributed by atoms with Gasteiger partial charge in [0.2, 0.25) is 0 Å². The normalized spacial score (nSPS) is 15.0. The van der Waals surface area contributed by atoms with Crippen molar-refractivity contribution in [3.05, 3.63) is 70.3 Å². The molecule has 2 aromatic rings. The molecule has 0 atom stereocenters. The molecular weight excluding hydrogens is 350 g/mol. The molecule has 142 valence electrons. The summed E-state index contributed by atoms with van der Waals surface area (Å²) in [6, 6.07) is 8.95. The van der Waals surface area contributed by atoms with Gasteiger partial charge in [0, 0.05) is 37.3 Å². The summed E-state index contributed by atoms with van der Waals surface area (Å²) in [6.07, 6.45) is 0. The van der Waals surface area contributed by atoms with Crippen LogP contribution in [-0.2, 0) is 0 Å². The number of aryl methyl sites for hydroxylation is 2. The van der Waals surface area contributed by atoms with Gasteiger partial charge in [-0.3, -0.25) is 14.5 Å². The van der Waals surface area contributed by atoms with E-state index in [4.69, 9.17) is 0 Å². The number of halogens is 2. The zero-order chi connectivity index (χ0) is 19.6. The average molecular weight is 372 g/mol. The van der Waals surface area contributed by atoms with Crippen molar-refractivity contribution >= 4 is 11.7 Å². The van der Waals surface area contributed by atoms with Crippen LogP contribution in [0.2, 0.25) is 0 Å². The number of amides is 1. The Morgan fingerprint density at radius 1 is 0.926 bits per heavy atom. The van der Waals surface area contributed by atoms with Crippen LogP contribution in [0.25, 0.3) is 0 Å². The molecule has 27 heavy (non-hydrogen) atoms. The third-order valence-corrected chi connectivity index (χ3v) is 4.88. The van der Waals surface area contributed by atoms with Gasteiger partial charge in [0.1, 0.15) is 0 Å². The van der Waals surface area contributed by atoms with Crippen LogP contribution in [0.3, 0.4) is 0 Å². The Morgan fingerprint density at radius 2 is 1.63 bits per heavy atom. The van der Waals surface area contributed by atoms with Gasteiger partial charge < -0.3 is 4.90 Å². The summed E-state index contributed by atoms with van der Waals surface area (Å²) in [5.41, 5.74) is 2.94. The zero-order valence-corrected chi connectivity index (χ0v) is 15.5. The van der Waals surface area contributed by atoms with Gasteiger partial charge in [-0.1, -0.05) is 23.8 Å². The van der Waals surface area contributed by atoms with Gasteiger partial charge >= 0.3 is 0 Å². The van der Waals surface area contributed by atoms with E-state index in [0.717, 1.165) is 28.8 Å². The number of carbonyl (C=O) groups excluding carboxylic acids is 2. The molecule has 0 spiro atoms. The maximum Gasteiger partial charge on any atom is 0.254 e. The number of Topliss-reactive ketones (excluding diaryl/α,β-unsaturated/α-hetero) is 1. The Balaban J connectivity index is 1.57. The number of ketones is 1. The second kappa shape index (κ2) is 7.96. The summed E-state index contributed by atoms with van der Waals surface area (Å²) in [7, 11) is 0. The molecule has 1 saturated heterocycles. The van der Waals surface area contributed by atoms with Gasteiger partial charge in [-0.25, -0.2) is 8.78 Å². The first-order chi connectivity index (χ1) is 12.8. The van der Waals surface area contributed by atoms with E-state index in [1.165, 1.54) is 6.07 Å². The minimum atomic E-state index is -1.03. The van der Waals surface area contributed by atoms with E-state index in [-0.39, 0.29) is 17.3 Å². The molecule has 1 amide bonds. The number of nitrogens with zero attached hydrogens (tertiary/aromatic N) is 2. The third kappa shape index (κ3) is 4.39. The number of hydrogen-bond donors (Lipinski definition) is 0. The predicted octanol–water partition coefficient (Wildman–Crippen LogP) is 3.22. The average Bonchev–Trinajstić information content (AvgIpc) is 2.64. The summed E-state index contributed by atoms with van der Waals surface area (Å²) in [6.45, 7) is 6.23. The first kappa shape index (κ1) is 19.2. The largest absolute Gasteiger partial charge is 0.336 e. The summed E-state index contributed by atoms with van der Waals surface area (Å²) >= 11 is 0. The summed E-state index contributed by atoms with van der Waals surface area (Å²) in [5, 5.41) is 0. The molecule has 6 heteroatoms. The van der Waals surface area contributed by atoms with Crippen molar-refractivity contribution in [3.63, 3.8) is 0 Å². The van der Waals surface area contributed by atoms with Crippen LogP contribution >= 0.6 is 0 Å². The fourth-order valence-electron chi connectivity index (χ4n) is 3.34. The number of piperazine rings is 1. The third-order valence-electron chi connectivity index (χ3n) is 4.88.